The molecular weight excluding hydrogens is 801 g/mol. The molecule has 1 aromatic heterocycles. The summed E-state index contributed by atoms with van der Waals surface area (Å²) in [6, 6.07) is 83.3. The molecule has 4 heteroatoms. The van der Waals surface area contributed by atoms with Crippen LogP contribution in [-0.4, -0.2) is 15.2 Å². The van der Waals surface area contributed by atoms with E-state index in [9.17, 15) is 0 Å². The molecule has 0 saturated heterocycles. The molecule has 66 heavy (non-hydrogen) atoms. The van der Waals surface area contributed by atoms with Crippen molar-refractivity contribution in [3.05, 3.63) is 253 Å². The van der Waals surface area contributed by atoms with Crippen LogP contribution in [0, 0.1) is 0 Å². The lowest BCUT2D eigenvalue weighted by atomic mass is 9.64. The van der Waals surface area contributed by atoms with E-state index in [1.807, 2.05) is 0 Å². The minimum Gasteiger partial charge on any atom is -0.310 e. The van der Waals surface area contributed by atoms with Gasteiger partial charge in [-0.25, -0.2) is 4.98 Å². The number of fused-ring (bicyclic) bond motifs is 12. The van der Waals surface area contributed by atoms with Gasteiger partial charge in [0.05, 0.1) is 16.8 Å². The van der Waals surface area contributed by atoms with Crippen molar-refractivity contribution < 1.29 is 0 Å². The second kappa shape index (κ2) is 14.1. The summed E-state index contributed by atoms with van der Waals surface area (Å²) in [5.74, 6) is 0.589. The first-order chi connectivity index (χ1) is 32.8. The molecule has 11 aromatic rings. The summed E-state index contributed by atoms with van der Waals surface area (Å²) >= 11 is 0. The molecule has 4 nitrogen and oxygen atoms in total. The first-order valence-corrected chi connectivity index (χ1v) is 22.6. The van der Waals surface area contributed by atoms with Crippen molar-refractivity contribution in [2.24, 2.45) is 0 Å². The fraction of sp³-hybridized carbons (Fsp3) is 0.0161. The molecule has 14 rings (SSSR count). The van der Waals surface area contributed by atoms with Gasteiger partial charge in [0, 0.05) is 22.4 Å². The van der Waals surface area contributed by atoms with E-state index in [0.717, 1.165) is 61.7 Å². The topological polar surface area (TPSA) is 41.9 Å². The van der Waals surface area contributed by atoms with Crippen LogP contribution in [0.1, 0.15) is 22.3 Å². The van der Waals surface area contributed by atoms with Gasteiger partial charge in [-0.15, -0.1) is 10.2 Å². The molecule has 0 unspecified atom stereocenters. The molecule has 0 atom stereocenters. The van der Waals surface area contributed by atoms with E-state index >= 15 is 0 Å². The lowest BCUT2D eigenvalue weighted by molar-refractivity contribution is 0.752. The SMILES string of the molecule is c1ccc(-c2ccc(-c3nc(-c4cccc5c4-c4ccccc4C54c5ccccc5N(c5ccccc5)c5ccccc54)nnc3-c3ccc4c5c(cccc35)-c3ccccc3-4)cc2)cc1. The van der Waals surface area contributed by atoms with Crippen LogP contribution in [-0.2, 0) is 5.41 Å². The van der Waals surface area contributed by atoms with Crippen LogP contribution in [0.25, 0.3) is 89.2 Å². The Bertz CT molecular complexity index is 3690. The Labute approximate surface area is 382 Å². The third-order valence-corrected chi connectivity index (χ3v) is 14.2. The summed E-state index contributed by atoms with van der Waals surface area (Å²) in [5.41, 5.74) is 21.9. The Balaban J connectivity index is 1.01. The maximum Gasteiger partial charge on any atom is 0.183 e. The summed E-state index contributed by atoms with van der Waals surface area (Å²) in [6.45, 7) is 0. The summed E-state index contributed by atoms with van der Waals surface area (Å²) in [4.78, 5) is 8.06. The van der Waals surface area contributed by atoms with E-state index in [1.165, 1.54) is 61.0 Å². The van der Waals surface area contributed by atoms with Crippen LogP contribution in [0.3, 0.4) is 0 Å². The number of rotatable bonds is 5. The molecule has 0 radical (unpaired) electrons. The number of nitrogens with zero attached hydrogens (tertiary/aromatic N) is 4. The minimum atomic E-state index is -0.605. The van der Waals surface area contributed by atoms with E-state index in [1.54, 1.807) is 0 Å². The van der Waals surface area contributed by atoms with Crippen molar-refractivity contribution in [2.75, 3.05) is 4.90 Å². The molecule has 0 amide bonds. The van der Waals surface area contributed by atoms with Gasteiger partial charge in [0.1, 0.15) is 11.4 Å². The molecule has 306 valence electrons. The Morgan fingerprint density at radius 3 is 1.56 bits per heavy atom. The number of hydrogen-bond acceptors (Lipinski definition) is 4. The first kappa shape index (κ1) is 36.7. The molecule has 0 bridgehead atoms. The van der Waals surface area contributed by atoms with Crippen molar-refractivity contribution in [3.63, 3.8) is 0 Å². The number of para-hydroxylation sites is 3. The molecule has 3 aliphatic rings. The standard InChI is InChI=1S/C62H38N4/c1-3-17-39(18-4-1)40-33-35-41(36-34-40)59-60(48-38-37-47-44-22-8-7-21-43(44)45-24-15-25-46(48)57(45)47)64-65-61(63-59)50-26-16-30-54-58(50)49-23-9-10-27-51(49)62(54)52-28-11-13-31-55(52)66(42-19-5-2-6-20-42)56-32-14-12-29-53(56)62/h1-38H. The van der Waals surface area contributed by atoms with Gasteiger partial charge in [0.2, 0.25) is 0 Å². The lowest BCUT2D eigenvalue weighted by Crippen LogP contribution is -2.36. The molecule has 2 heterocycles. The van der Waals surface area contributed by atoms with E-state index in [2.05, 4.69) is 235 Å². The van der Waals surface area contributed by atoms with Crippen LogP contribution in [0.4, 0.5) is 17.1 Å². The van der Waals surface area contributed by atoms with Gasteiger partial charge < -0.3 is 4.90 Å². The molecule has 10 aromatic carbocycles. The van der Waals surface area contributed by atoms with Gasteiger partial charge in [-0.2, -0.15) is 0 Å². The van der Waals surface area contributed by atoms with Crippen LogP contribution < -0.4 is 4.90 Å². The first-order valence-electron chi connectivity index (χ1n) is 22.6. The zero-order valence-electron chi connectivity index (χ0n) is 35.7. The number of benzene rings is 10. The smallest absolute Gasteiger partial charge is 0.183 e. The van der Waals surface area contributed by atoms with Gasteiger partial charge in [-0.05, 0) is 102 Å². The largest absolute Gasteiger partial charge is 0.310 e. The predicted octanol–water partition coefficient (Wildman–Crippen LogP) is 15.5. The van der Waals surface area contributed by atoms with Gasteiger partial charge in [0.25, 0.3) is 0 Å². The molecule has 1 spiro atoms. The summed E-state index contributed by atoms with van der Waals surface area (Å²) in [6.07, 6.45) is 0. The second-order valence-corrected chi connectivity index (χ2v) is 17.4. The quantitative estimate of drug-likeness (QED) is 0.173. The third kappa shape index (κ3) is 5.07. The summed E-state index contributed by atoms with van der Waals surface area (Å²) in [7, 11) is 0. The maximum atomic E-state index is 5.64. The summed E-state index contributed by atoms with van der Waals surface area (Å²) in [5, 5.41) is 12.8. The predicted molar refractivity (Wildman–Crippen MR) is 269 cm³/mol. The average Bonchev–Trinajstić information content (AvgIpc) is 3.88. The van der Waals surface area contributed by atoms with Crippen molar-refractivity contribution >= 4 is 27.8 Å². The van der Waals surface area contributed by atoms with E-state index < -0.39 is 5.41 Å². The zero-order valence-corrected chi connectivity index (χ0v) is 35.7. The normalized spacial score (nSPS) is 13.2. The molecule has 0 saturated carbocycles. The second-order valence-electron chi connectivity index (χ2n) is 17.4. The molecule has 0 N–H and O–H groups in total. The molecule has 0 fully saturated rings. The summed E-state index contributed by atoms with van der Waals surface area (Å²) < 4.78 is 0. The highest BCUT2D eigenvalue weighted by atomic mass is 15.2. The highest BCUT2D eigenvalue weighted by Crippen LogP contribution is 2.64. The maximum absolute atomic E-state index is 5.64. The van der Waals surface area contributed by atoms with Gasteiger partial charge >= 0.3 is 0 Å². The van der Waals surface area contributed by atoms with Crippen molar-refractivity contribution in [2.45, 2.75) is 5.41 Å². The number of aromatic nitrogens is 3. The highest BCUT2D eigenvalue weighted by molar-refractivity contribution is 6.19. The average molecular weight is 839 g/mol. The van der Waals surface area contributed by atoms with E-state index in [4.69, 9.17) is 15.2 Å². The molecule has 1 aliphatic heterocycles. The monoisotopic (exact) mass is 838 g/mol. The zero-order chi connectivity index (χ0) is 43.3. The van der Waals surface area contributed by atoms with E-state index in [0.29, 0.717) is 5.82 Å². The number of anilines is 3. The van der Waals surface area contributed by atoms with Crippen molar-refractivity contribution in [1.82, 2.24) is 15.2 Å². The minimum absolute atomic E-state index is 0.589. The van der Waals surface area contributed by atoms with Crippen LogP contribution in [0.5, 0.6) is 0 Å². The van der Waals surface area contributed by atoms with Crippen molar-refractivity contribution in [1.29, 1.82) is 0 Å². The molecule has 2 aliphatic carbocycles. The van der Waals surface area contributed by atoms with Crippen LogP contribution in [0.15, 0.2) is 231 Å². The van der Waals surface area contributed by atoms with Gasteiger partial charge in [0.15, 0.2) is 5.82 Å². The van der Waals surface area contributed by atoms with Crippen LogP contribution >= 0.6 is 0 Å². The Kier molecular flexibility index (Phi) is 7.87. The highest BCUT2D eigenvalue weighted by Gasteiger charge is 2.52. The Morgan fingerprint density at radius 2 is 0.833 bits per heavy atom. The fourth-order valence-corrected chi connectivity index (χ4v) is 11.5. The number of hydrogen-bond donors (Lipinski definition) is 0. The van der Waals surface area contributed by atoms with Crippen LogP contribution in [0.2, 0.25) is 0 Å². The van der Waals surface area contributed by atoms with Gasteiger partial charge in [-0.3, -0.25) is 0 Å². The molecular formula is C62H38N4. The lowest BCUT2D eigenvalue weighted by Gasteiger charge is -2.45. The van der Waals surface area contributed by atoms with Gasteiger partial charge in [-0.1, -0.05) is 206 Å². The van der Waals surface area contributed by atoms with Crippen molar-refractivity contribution in [3.8, 4) is 78.4 Å². The van der Waals surface area contributed by atoms with E-state index in [-0.39, 0.29) is 0 Å². The third-order valence-electron chi connectivity index (χ3n) is 14.2. The Hall–Kier alpha value is -8.73. The Morgan fingerprint density at radius 1 is 0.318 bits per heavy atom. The fourth-order valence-electron chi connectivity index (χ4n) is 11.5.